The summed E-state index contributed by atoms with van der Waals surface area (Å²) in [6.45, 7) is 0.164. The smallest absolute Gasteiger partial charge is 0.278 e. The van der Waals surface area contributed by atoms with Gasteiger partial charge in [0.1, 0.15) is 35.5 Å². The highest BCUT2D eigenvalue weighted by Crippen LogP contribution is 2.25. The first-order chi connectivity index (χ1) is 15.7. The standard InChI is InChI=1S/C21H14FN7O3/c22-14-4-2-1-3-13(14)10-29-18(15-6-8-32-28-15)9-16(27-29)20-23-7-5-19(25-20)26-21(30)17-11-31-12-24-17/h1-9,11-12H,10H2,(H,23,25,26,30). The first kappa shape index (κ1) is 19.3. The minimum Gasteiger partial charge on any atom is -0.451 e. The highest BCUT2D eigenvalue weighted by Gasteiger charge is 2.18. The predicted molar refractivity (Wildman–Crippen MR) is 109 cm³/mol. The Kier molecular flexibility index (Phi) is 4.96. The van der Waals surface area contributed by atoms with Gasteiger partial charge in [-0.15, -0.1) is 0 Å². The lowest BCUT2D eigenvalue weighted by Crippen LogP contribution is -2.13. The maximum atomic E-state index is 14.2. The van der Waals surface area contributed by atoms with Crippen molar-refractivity contribution in [2.75, 3.05) is 5.32 Å². The third-order valence-corrected chi connectivity index (χ3v) is 4.55. The molecule has 0 aliphatic carbocycles. The fourth-order valence-electron chi connectivity index (χ4n) is 3.04. The van der Waals surface area contributed by atoms with Gasteiger partial charge < -0.3 is 14.3 Å². The number of nitrogens with zero attached hydrogens (tertiary/aromatic N) is 6. The van der Waals surface area contributed by atoms with Crippen molar-refractivity contribution in [3.05, 3.63) is 84.7 Å². The van der Waals surface area contributed by atoms with Crippen molar-refractivity contribution in [1.82, 2.24) is 29.9 Å². The Labute approximate surface area is 179 Å². The van der Waals surface area contributed by atoms with Crippen LogP contribution in [-0.2, 0) is 6.54 Å². The third kappa shape index (κ3) is 3.86. The van der Waals surface area contributed by atoms with Crippen molar-refractivity contribution in [1.29, 1.82) is 0 Å². The Bertz CT molecular complexity index is 1360. The average molecular weight is 431 g/mol. The molecule has 1 aromatic carbocycles. The summed E-state index contributed by atoms with van der Waals surface area (Å²) in [6, 6.07) is 11.4. The summed E-state index contributed by atoms with van der Waals surface area (Å²) in [5.41, 5.74) is 2.11. The quantitative estimate of drug-likeness (QED) is 0.434. The number of hydrogen-bond acceptors (Lipinski definition) is 8. The van der Waals surface area contributed by atoms with Gasteiger partial charge in [0.25, 0.3) is 5.91 Å². The number of carbonyl (C=O) groups is 1. The number of benzene rings is 1. The van der Waals surface area contributed by atoms with Crippen LogP contribution in [0.5, 0.6) is 0 Å². The van der Waals surface area contributed by atoms with E-state index in [4.69, 9.17) is 8.94 Å². The molecule has 5 aromatic rings. The summed E-state index contributed by atoms with van der Waals surface area (Å²) >= 11 is 0. The number of rotatable bonds is 6. The second-order valence-electron chi connectivity index (χ2n) is 6.64. The summed E-state index contributed by atoms with van der Waals surface area (Å²) in [5, 5.41) is 11.1. The molecular weight excluding hydrogens is 417 g/mol. The van der Waals surface area contributed by atoms with E-state index in [-0.39, 0.29) is 29.7 Å². The summed E-state index contributed by atoms with van der Waals surface area (Å²) in [4.78, 5) is 24.6. The number of anilines is 1. The van der Waals surface area contributed by atoms with Gasteiger partial charge in [0.15, 0.2) is 17.9 Å². The lowest BCUT2D eigenvalue weighted by molar-refractivity contribution is 0.102. The van der Waals surface area contributed by atoms with Crippen LogP contribution in [-0.4, -0.2) is 35.8 Å². The highest BCUT2D eigenvalue weighted by molar-refractivity contribution is 6.02. The fraction of sp³-hybridized carbons (Fsp3) is 0.0476. The summed E-state index contributed by atoms with van der Waals surface area (Å²) < 4.78 is 25.6. The van der Waals surface area contributed by atoms with Gasteiger partial charge in [0.2, 0.25) is 0 Å². The molecular formula is C21H14FN7O3. The van der Waals surface area contributed by atoms with Gasteiger partial charge in [-0.3, -0.25) is 9.48 Å². The third-order valence-electron chi connectivity index (χ3n) is 4.55. The van der Waals surface area contributed by atoms with Gasteiger partial charge in [0.05, 0.1) is 12.2 Å². The van der Waals surface area contributed by atoms with E-state index < -0.39 is 5.91 Å². The normalized spacial score (nSPS) is 10.9. The van der Waals surface area contributed by atoms with E-state index in [9.17, 15) is 9.18 Å². The number of nitrogens with one attached hydrogen (secondary N) is 1. The van der Waals surface area contributed by atoms with Crippen LogP contribution in [0.2, 0.25) is 0 Å². The Hall–Kier alpha value is -4.67. The van der Waals surface area contributed by atoms with Crippen LogP contribution in [0.4, 0.5) is 10.2 Å². The van der Waals surface area contributed by atoms with Crippen molar-refractivity contribution in [2.24, 2.45) is 0 Å². The lowest BCUT2D eigenvalue weighted by atomic mass is 10.2. The van der Waals surface area contributed by atoms with Gasteiger partial charge in [-0.2, -0.15) is 5.10 Å². The zero-order valence-corrected chi connectivity index (χ0v) is 16.3. The molecule has 0 saturated carbocycles. The minimum atomic E-state index is -0.475. The van der Waals surface area contributed by atoms with E-state index in [1.807, 2.05) is 0 Å². The molecule has 10 nitrogen and oxygen atoms in total. The largest absolute Gasteiger partial charge is 0.451 e. The number of hydrogen-bond donors (Lipinski definition) is 1. The maximum absolute atomic E-state index is 14.2. The monoisotopic (exact) mass is 431 g/mol. The average Bonchev–Trinajstić information content (AvgIpc) is 3.57. The van der Waals surface area contributed by atoms with Crippen LogP contribution in [0.15, 0.2) is 76.5 Å². The van der Waals surface area contributed by atoms with Crippen molar-refractivity contribution in [3.8, 4) is 22.9 Å². The molecule has 0 bridgehead atoms. The molecule has 4 aromatic heterocycles. The van der Waals surface area contributed by atoms with Gasteiger partial charge in [-0.1, -0.05) is 23.4 Å². The van der Waals surface area contributed by atoms with E-state index in [2.05, 4.69) is 30.5 Å². The second kappa shape index (κ2) is 8.22. The first-order valence-corrected chi connectivity index (χ1v) is 9.42. The second-order valence-corrected chi connectivity index (χ2v) is 6.64. The predicted octanol–water partition coefficient (Wildman–Crippen LogP) is 3.42. The molecule has 158 valence electrons. The van der Waals surface area contributed by atoms with Crippen LogP contribution in [0, 0.1) is 5.82 Å². The van der Waals surface area contributed by atoms with Crippen molar-refractivity contribution in [3.63, 3.8) is 0 Å². The van der Waals surface area contributed by atoms with Crippen LogP contribution < -0.4 is 5.32 Å². The maximum Gasteiger partial charge on any atom is 0.278 e. The van der Waals surface area contributed by atoms with Crippen LogP contribution in [0.25, 0.3) is 22.9 Å². The summed E-state index contributed by atoms with van der Waals surface area (Å²) in [5.74, 6) is -0.296. The zero-order valence-electron chi connectivity index (χ0n) is 16.3. The van der Waals surface area contributed by atoms with E-state index >= 15 is 0 Å². The molecule has 0 saturated heterocycles. The van der Waals surface area contributed by atoms with E-state index in [0.717, 1.165) is 6.39 Å². The van der Waals surface area contributed by atoms with Gasteiger partial charge in [-0.25, -0.2) is 19.3 Å². The van der Waals surface area contributed by atoms with Crippen molar-refractivity contribution >= 4 is 11.7 Å². The van der Waals surface area contributed by atoms with Crippen molar-refractivity contribution in [2.45, 2.75) is 6.54 Å². The number of oxazole rings is 1. The molecule has 0 radical (unpaired) electrons. The first-order valence-electron chi connectivity index (χ1n) is 9.42. The molecule has 5 rings (SSSR count). The van der Waals surface area contributed by atoms with Crippen LogP contribution >= 0.6 is 0 Å². The molecule has 0 aliphatic rings. The molecule has 0 spiro atoms. The molecule has 0 aliphatic heterocycles. The van der Waals surface area contributed by atoms with Gasteiger partial charge in [0, 0.05) is 17.8 Å². The Balaban J connectivity index is 1.49. The molecule has 0 atom stereocenters. The molecule has 32 heavy (non-hydrogen) atoms. The van der Waals surface area contributed by atoms with Crippen molar-refractivity contribution < 1.29 is 18.1 Å². The van der Waals surface area contributed by atoms with E-state index in [0.29, 0.717) is 22.6 Å². The van der Waals surface area contributed by atoms with Crippen LogP contribution in [0.1, 0.15) is 16.1 Å². The molecule has 0 unspecified atom stereocenters. The Morgan fingerprint density at radius 3 is 2.81 bits per heavy atom. The molecule has 4 heterocycles. The fourth-order valence-corrected chi connectivity index (χ4v) is 3.04. The van der Waals surface area contributed by atoms with E-state index in [1.165, 1.54) is 30.9 Å². The minimum absolute atomic E-state index is 0.118. The number of aromatic nitrogens is 6. The van der Waals surface area contributed by atoms with Gasteiger partial charge >= 0.3 is 0 Å². The molecule has 11 heteroatoms. The van der Waals surface area contributed by atoms with E-state index in [1.54, 1.807) is 35.0 Å². The number of carbonyl (C=O) groups excluding carboxylic acids is 1. The number of halogens is 1. The zero-order chi connectivity index (χ0) is 21.9. The number of amides is 1. The van der Waals surface area contributed by atoms with Crippen LogP contribution in [0.3, 0.4) is 0 Å². The topological polar surface area (TPSA) is 125 Å². The highest BCUT2D eigenvalue weighted by atomic mass is 19.1. The molecule has 1 amide bonds. The molecule has 0 fully saturated rings. The molecule has 1 N–H and O–H groups in total. The lowest BCUT2D eigenvalue weighted by Gasteiger charge is -2.06. The van der Waals surface area contributed by atoms with Gasteiger partial charge in [-0.05, 0) is 18.2 Å². The Morgan fingerprint density at radius 2 is 2.03 bits per heavy atom. The Morgan fingerprint density at radius 1 is 1.12 bits per heavy atom. The summed E-state index contributed by atoms with van der Waals surface area (Å²) in [6.07, 6.45) is 5.32. The SMILES string of the molecule is O=C(Nc1ccnc(-c2cc(-c3ccon3)n(Cc3ccccc3F)n2)n1)c1cocn1. The summed E-state index contributed by atoms with van der Waals surface area (Å²) in [7, 11) is 0.